The number of carboxylic acid groups (broad SMARTS) is 1. The number of halogens is 2. The van der Waals surface area contributed by atoms with Crippen molar-refractivity contribution in [3.63, 3.8) is 0 Å². The van der Waals surface area contributed by atoms with Gasteiger partial charge >= 0.3 is 5.97 Å². The Bertz CT molecular complexity index is 493. The number of carboxylic acids is 1. The molecule has 0 spiro atoms. The Kier molecular flexibility index (Phi) is 6.64. The Labute approximate surface area is 125 Å². The molecule has 1 unspecified atom stereocenters. The van der Waals surface area contributed by atoms with Crippen LogP contribution < -0.4 is 5.32 Å². The zero-order chi connectivity index (χ0) is 15.1. The second-order valence-corrected chi connectivity index (χ2v) is 5.57. The summed E-state index contributed by atoms with van der Waals surface area (Å²) < 4.78 is 13.6. The number of hydrogen-bond acceptors (Lipinski definition) is 2. The zero-order valence-electron chi connectivity index (χ0n) is 11.2. The Hall–Kier alpha value is -1.43. The molecule has 0 heterocycles. The minimum Gasteiger partial charge on any atom is -0.481 e. The summed E-state index contributed by atoms with van der Waals surface area (Å²) in [5, 5.41) is 11.3. The van der Waals surface area contributed by atoms with E-state index >= 15 is 0 Å². The molecule has 0 radical (unpaired) electrons. The normalized spacial score (nSPS) is 11.9. The van der Waals surface area contributed by atoms with Crippen molar-refractivity contribution in [3.05, 3.63) is 34.1 Å². The van der Waals surface area contributed by atoms with Crippen LogP contribution in [0.2, 0.25) is 0 Å². The van der Waals surface area contributed by atoms with Crippen LogP contribution in [0.3, 0.4) is 0 Å². The summed E-state index contributed by atoms with van der Waals surface area (Å²) in [5.74, 6) is -1.41. The topological polar surface area (TPSA) is 66.4 Å². The van der Waals surface area contributed by atoms with Crippen molar-refractivity contribution in [2.75, 3.05) is 6.54 Å². The maximum absolute atomic E-state index is 13.3. The van der Waals surface area contributed by atoms with E-state index < -0.39 is 11.8 Å². The van der Waals surface area contributed by atoms with Gasteiger partial charge in [-0.05, 0) is 52.9 Å². The second-order valence-electron chi connectivity index (χ2n) is 4.71. The molecule has 110 valence electrons. The molecule has 0 aliphatic heterocycles. The smallest absolute Gasteiger partial charge is 0.303 e. The summed E-state index contributed by atoms with van der Waals surface area (Å²) in [6, 6.07) is 4.20. The number of rotatable bonds is 7. The fourth-order valence-corrected chi connectivity index (χ4v) is 1.93. The lowest BCUT2D eigenvalue weighted by molar-refractivity contribution is -0.137. The van der Waals surface area contributed by atoms with Gasteiger partial charge in [-0.1, -0.05) is 6.92 Å². The lowest BCUT2D eigenvalue weighted by Gasteiger charge is -2.11. The summed E-state index contributed by atoms with van der Waals surface area (Å²) in [6.45, 7) is 2.38. The predicted octanol–water partition coefficient (Wildman–Crippen LogP) is 3.21. The molecule has 0 fully saturated rings. The molecule has 2 N–H and O–H groups in total. The van der Waals surface area contributed by atoms with Crippen LogP contribution in [0.15, 0.2) is 22.7 Å². The lowest BCUT2D eigenvalue weighted by atomic mass is 10.0. The minimum absolute atomic E-state index is 0.132. The van der Waals surface area contributed by atoms with Gasteiger partial charge < -0.3 is 10.4 Å². The maximum Gasteiger partial charge on any atom is 0.303 e. The molecule has 1 aromatic carbocycles. The van der Waals surface area contributed by atoms with Crippen LogP contribution in [0.5, 0.6) is 0 Å². The van der Waals surface area contributed by atoms with Crippen LogP contribution in [-0.4, -0.2) is 23.5 Å². The molecule has 4 nitrogen and oxygen atoms in total. The first kappa shape index (κ1) is 16.6. The van der Waals surface area contributed by atoms with Gasteiger partial charge in [-0.3, -0.25) is 9.59 Å². The van der Waals surface area contributed by atoms with Gasteiger partial charge in [-0.25, -0.2) is 4.39 Å². The molecule has 0 aliphatic carbocycles. The maximum atomic E-state index is 13.3. The van der Waals surface area contributed by atoms with Crippen molar-refractivity contribution in [2.24, 2.45) is 5.92 Å². The van der Waals surface area contributed by atoms with Gasteiger partial charge in [0.2, 0.25) is 0 Å². The van der Waals surface area contributed by atoms with Crippen LogP contribution in [0, 0.1) is 11.7 Å². The number of benzene rings is 1. The van der Waals surface area contributed by atoms with E-state index in [-0.39, 0.29) is 23.8 Å². The highest BCUT2D eigenvalue weighted by molar-refractivity contribution is 9.10. The minimum atomic E-state index is -0.814. The number of carbonyl (C=O) groups is 2. The van der Waals surface area contributed by atoms with Gasteiger partial charge in [-0.2, -0.15) is 0 Å². The van der Waals surface area contributed by atoms with E-state index in [1.54, 1.807) is 0 Å². The van der Waals surface area contributed by atoms with Gasteiger partial charge in [0, 0.05) is 18.5 Å². The monoisotopic (exact) mass is 345 g/mol. The first-order valence-electron chi connectivity index (χ1n) is 6.35. The largest absolute Gasteiger partial charge is 0.481 e. The fraction of sp³-hybridized carbons (Fsp3) is 0.429. The van der Waals surface area contributed by atoms with Crippen LogP contribution >= 0.6 is 15.9 Å². The Balaban J connectivity index is 2.36. The van der Waals surface area contributed by atoms with E-state index in [2.05, 4.69) is 21.2 Å². The molecule has 1 rings (SSSR count). The van der Waals surface area contributed by atoms with Gasteiger partial charge in [0.05, 0.1) is 4.47 Å². The first-order chi connectivity index (χ1) is 9.40. The Morgan fingerprint density at radius 3 is 2.70 bits per heavy atom. The number of aliphatic carboxylic acids is 1. The molecule has 0 saturated heterocycles. The predicted molar refractivity (Wildman–Crippen MR) is 77.1 cm³/mol. The van der Waals surface area contributed by atoms with E-state index in [9.17, 15) is 14.0 Å². The van der Waals surface area contributed by atoms with Crippen LogP contribution in [0.25, 0.3) is 0 Å². The third-order valence-electron chi connectivity index (χ3n) is 2.96. The highest BCUT2D eigenvalue weighted by Gasteiger charge is 2.10. The Morgan fingerprint density at radius 2 is 2.10 bits per heavy atom. The Morgan fingerprint density at radius 1 is 1.40 bits per heavy atom. The molecule has 6 heteroatoms. The third-order valence-corrected chi connectivity index (χ3v) is 3.60. The summed E-state index contributed by atoms with van der Waals surface area (Å²) in [6.07, 6.45) is 1.41. The van der Waals surface area contributed by atoms with E-state index in [0.717, 1.165) is 0 Å². The molecule has 0 aliphatic rings. The molecule has 0 aromatic heterocycles. The van der Waals surface area contributed by atoms with Crippen molar-refractivity contribution in [1.29, 1.82) is 0 Å². The molecular weight excluding hydrogens is 329 g/mol. The average molecular weight is 346 g/mol. The molecule has 20 heavy (non-hydrogen) atoms. The third kappa shape index (κ3) is 5.69. The fourth-order valence-electron chi connectivity index (χ4n) is 1.69. The van der Waals surface area contributed by atoms with Gasteiger partial charge in [-0.15, -0.1) is 0 Å². The summed E-state index contributed by atoms with van der Waals surface area (Å²) in [5.41, 5.74) is 0.267. The quantitative estimate of drug-likeness (QED) is 0.797. The lowest BCUT2D eigenvalue weighted by Crippen LogP contribution is -2.25. The van der Waals surface area contributed by atoms with Crippen molar-refractivity contribution in [1.82, 2.24) is 5.32 Å². The summed E-state index contributed by atoms with van der Waals surface area (Å²) >= 11 is 3.02. The number of amides is 1. The van der Waals surface area contributed by atoms with Crippen LogP contribution in [0.1, 0.15) is 36.5 Å². The molecule has 1 amide bonds. The van der Waals surface area contributed by atoms with E-state index in [4.69, 9.17) is 5.11 Å². The number of carbonyl (C=O) groups excluding carboxylic acids is 1. The molecule has 1 atom stereocenters. The van der Waals surface area contributed by atoms with Crippen molar-refractivity contribution in [2.45, 2.75) is 26.2 Å². The highest BCUT2D eigenvalue weighted by atomic mass is 79.9. The number of hydrogen-bond donors (Lipinski definition) is 2. The summed E-state index contributed by atoms with van der Waals surface area (Å²) in [4.78, 5) is 22.2. The van der Waals surface area contributed by atoms with Crippen molar-refractivity contribution in [3.8, 4) is 0 Å². The van der Waals surface area contributed by atoms with Gasteiger partial charge in [0.25, 0.3) is 5.91 Å². The van der Waals surface area contributed by atoms with Crippen molar-refractivity contribution >= 4 is 27.8 Å². The first-order valence-corrected chi connectivity index (χ1v) is 7.14. The average Bonchev–Trinajstić information content (AvgIpc) is 2.39. The van der Waals surface area contributed by atoms with E-state index in [1.165, 1.54) is 18.2 Å². The van der Waals surface area contributed by atoms with Crippen LogP contribution in [0.4, 0.5) is 4.39 Å². The molecule has 1 aromatic rings. The summed E-state index contributed by atoms with van der Waals surface area (Å²) in [7, 11) is 0. The van der Waals surface area contributed by atoms with E-state index in [0.29, 0.717) is 23.9 Å². The van der Waals surface area contributed by atoms with Crippen molar-refractivity contribution < 1.29 is 19.1 Å². The van der Waals surface area contributed by atoms with Crippen LogP contribution in [-0.2, 0) is 4.79 Å². The zero-order valence-corrected chi connectivity index (χ0v) is 12.7. The highest BCUT2D eigenvalue weighted by Crippen LogP contribution is 2.16. The van der Waals surface area contributed by atoms with Gasteiger partial charge in [0.1, 0.15) is 5.82 Å². The molecule has 0 bridgehead atoms. The van der Waals surface area contributed by atoms with Gasteiger partial charge in [0.15, 0.2) is 0 Å². The standard InChI is InChI=1S/C14H17BrFNO3/c1-9(2-5-13(18)19)6-7-17-14(20)10-3-4-11(15)12(16)8-10/h3-4,8-9H,2,5-7H2,1H3,(H,17,20)(H,18,19). The number of nitrogens with one attached hydrogen (secondary N) is 1. The SMILES string of the molecule is CC(CCNC(=O)c1ccc(Br)c(F)c1)CCC(=O)O. The second kappa shape index (κ2) is 7.99. The van der Waals surface area contributed by atoms with E-state index in [1.807, 2.05) is 6.92 Å². The molecular formula is C14H17BrFNO3. The molecule has 0 saturated carbocycles.